The van der Waals surface area contributed by atoms with Crippen molar-refractivity contribution >= 4 is 17.7 Å². The molecule has 2 aliphatic heterocycles. The Morgan fingerprint density at radius 2 is 1.75 bits per heavy atom. The Balaban J connectivity index is 1.58. The quantitative estimate of drug-likeness (QED) is 0.713. The van der Waals surface area contributed by atoms with Crippen molar-refractivity contribution in [3.8, 4) is 0 Å². The highest BCUT2D eigenvalue weighted by Crippen LogP contribution is 2.37. The van der Waals surface area contributed by atoms with Gasteiger partial charge in [0.05, 0.1) is 18.4 Å². The first-order valence-corrected chi connectivity index (χ1v) is 9.32. The lowest BCUT2D eigenvalue weighted by atomic mass is 9.81. The number of nitrogens with zero attached hydrogens (tertiary/aromatic N) is 2. The van der Waals surface area contributed by atoms with Gasteiger partial charge in [-0.2, -0.15) is 0 Å². The molecule has 0 unspecified atom stereocenters. The van der Waals surface area contributed by atoms with Crippen molar-refractivity contribution in [1.29, 1.82) is 0 Å². The molecule has 134 valence electrons. The van der Waals surface area contributed by atoms with Crippen LogP contribution in [0, 0.1) is 17.8 Å². The third-order valence-electron chi connectivity index (χ3n) is 5.66. The highest BCUT2D eigenvalue weighted by atomic mass is 16.5. The zero-order valence-corrected chi connectivity index (χ0v) is 14.5. The normalized spacial score (nSPS) is 30.6. The molecular weight excluding hydrogens is 308 g/mol. The summed E-state index contributed by atoms with van der Waals surface area (Å²) in [6.45, 7) is 4.63. The number of ether oxygens (including phenoxy) is 1. The molecule has 0 N–H and O–H groups in total. The SMILES string of the molecule is CCOC[C@H]1CCCN(C(=O)CN2C(=O)[C@H]3CCCC[C@H]3C2=O)C1. The lowest BCUT2D eigenvalue weighted by Gasteiger charge is -2.33. The van der Waals surface area contributed by atoms with Gasteiger partial charge in [-0.3, -0.25) is 19.3 Å². The summed E-state index contributed by atoms with van der Waals surface area (Å²) in [5.41, 5.74) is 0. The van der Waals surface area contributed by atoms with Crippen molar-refractivity contribution in [2.24, 2.45) is 17.8 Å². The summed E-state index contributed by atoms with van der Waals surface area (Å²) < 4.78 is 5.48. The van der Waals surface area contributed by atoms with Crippen LogP contribution in [0.3, 0.4) is 0 Å². The van der Waals surface area contributed by atoms with Crippen LogP contribution < -0.4 is 0 Å². The van der Waals surface area contributed by atoms with E-state index in [1.807, 2.05) is 6.92 Å². The molecule has 2 saturated heterocycles. The summed E-state index contributed by atoms with van der Waals surface area (Å²) in [6, 6.07) is 0. The van der Waals surface area contributed by atoms with Crippen LogP contribution in [0.1, 0.15) is 45.4 Å². The maximum absolute atomic E-state index is 12.6. The molecule has 2 heterocycles. The zero-order valence-electron chi connectivity index (χ0n) is 14.5. The van der Waals surface area contributed by atoms with Gasteiger partial charge in [-0.25, -0.2) is 0 Å². The number of amides is 3. The van der Waals surface area contributed by atoms with E-state index in [1.54, 1.807) is 4.90 Å². The van der Waals surface area contributed by atoms with Gasteiger partial charge in [-0.15, -0.1) is 0 Å². The van der Waals surface area contributed by atoms with E-state index < -0.39 is 0 Å². The number of rotatable bonds is 5. The maximum atomic E-state index is 12.6. The molecule has 3 fully saturated rings. The van der Waals surface area contributed by atoms with Crippen molar-refractivity contribution in [3.63, 3.8) is 0 Å². The Kier molecular flexibility index (Phi) is 5.54. The minimum atomic E-state index is -0.175. The van der Waals surface area contributed by atoms with Crippen LogP contribution in [-0.4, -0.2) is 60.4 Å². The lowest BCUT2D eigenvalue weighted by Crippen LogP contribution is -2.47. The fraction of sp³-hybridized carbons (Fsp3) is 0.833. The number of imide groups is 1. The number of hydrogen-bond donors (Lipinski definition) is 0. The van der Waals surface area contributed by atoms with Crippen LogP contribution in [0.4, 0.5) is 0 Å². The Morgan fingerprint density at radius 1 is 1.08 bits per heavy atom. The predicted molar refractivity (Wildman–Crippen MR) is 88.0 cm³/mol. The standard InChI is InChI=1S/C18H28N2O4/c1-2-24-12-13-6-5-9-19(10-13)16(21)11-20-17(22)14-7-3-4-8-15(14)18(20)23/h13-15H,2-12H2,1H3/t13-,14-,15+/m0/s1. The summed E-state index contributed by atoms with van der Waals surface area (Å²) in [5, 5.41) is 0. The second-order valence-electron chi connectivity index (χ2n) is 7.27. The second kappa shape index (κ2) is 7.64. The summed E-state index contributed by atoms with van der Waals surface area (Å²) in [5.74, 6) is -0.342. The molecule has 6 nitrogen and oxygen atoms in total. The molecule has 3 rings (SSSR count). The molecule has 1 aliphatic carbocycles. The van der Waals surface area contributed by atoms with Gasteiger partial charge in [0.25, 0.3) is 0 Å². The monoisotopic (exact) mass is 336 g/mol. The van der Waals surface area contributed by atoms with E-state index in [4.69, 9.17) is 4.74 Å². The minimum Gasteiger partial charge on any atom is -0.381 e. The van der Waals surface area contributed by atoms with Crippen LogP contribution in [0.25, 0.3) is 0 Å². The molecule has 0 radical (unpaired) electrons. The average Bonchev–Trinajstić information content (AvgIpc) is 2.85. The molecular formula is C18H28N2O4. The molecule has 0 aromatic rings. The van der Waals surface area contributed by atoms with Crippen molar-refractivity contribution in [1.82, 2.24) is 9.80 Å². The summed E-state index contributed by atoms with van der Waals surface area (Å²) in [6.07, 6.45) is 5.62. The van der Waals surface area contributed by atoms with Gasteiger partial charge in [-0.1, -0.05) is 12.8 Å². The van der Waals surface area contributed by atoms with E-state index in [1.165, 1.54) is 4.90 Å². The van der Waals surface area contributed by atoms with Crippen molar-refractivity contribution in [3.05, 3.63) is 0 Å². The van der Waals surface area contributed by atoms with Crippen molar-refractivity contribution in [2.45, 2.75) is 45.4 Å². The molecule has 3 aliphatic rings. The number of piperidine rings is 1. The molecule has 0 bridgehead atoms. The Hall–Kier alpha value is -1.43. The predicted octanol–water partition coefficient (Wildman–Crippen LogP) is 1.44. The molecule has 6 heteroatoms. The van der Waals surface area contributed by atoms with Crippen LogP contribution in [0.15, 0.2) is 0 Å². The van der Waals surface area contributed by atoms with Crippen LogP contribution in [-0.2, 0) is 19.1 Å². The molecule has 3 amide bonds. The van der Waals surface area contributed by atoms with E-state index in [0.717, 1.165) is 38.5 Å². The topological polar surface area (TPSA) is 66.9 Å². The third kappa shape index (κ3) is 3.48. The van der Waals surface area contributed by atoms with Crippen LogP contribution in [0.2, 0.25) is 0 Å². The largest absolute Gasteiger partial charge is 0.381 e. The molecule has 0 spiro atoms. The number of likely N-dealkylation sites (tertiary alicyclic amines) is 2. The van der Waals surface area contributed by atoms with Crippen molar-refractivity contribution < 1.29 is 19.1 Å². The fourth-order valence-electron chi connectivity index (χ4n) is 4.33. The molecule has 0 aromatic heterocycles. The number of carbonyl (C=O) groups is 3. The summed E-state index contributed by atoms with van der Waals surface area (Å²) in [7, 11) is 0. The second-order valence-corrected chi connectivity index (χ2v) is 7.27. The maximum Gasteiger partial charge on any atom is 0.242 e. The summed E-state index contributed by atoms with van der Waals surface area (Å²) in [4.78, 5) is 40.6. The van der Waals surface area contributed by atoms with E-state index in [2.05, 4.69) is 0 Å². The number of fused-ring (bicyclic) bond motifs is 1. The fourth-order valence-corrected chi connectivity index (χ4v) is 4.33. The average molecular weight is 336 g/mol. The van der Waals surface area contributed by atoms with Gasteiger partial charge in [0.2, 0.25) is 17.7 Å². The first-order valence-electron chi connectivity index (χ1n) is 9.32. The highest BCUT2D eigenvalue weighted by molar-refractivity contribution is 6.07. The zero-order chi connectivity index (χ0) is 17.1. The van der Waals surface area contributed by atoms with Gasteiger partial charge < -0.3 is 9.64 Å². The number of hydrogen-bond acceptors (Lipinski definition) is 4. The highest BCUT2D eigenvalue weighted by Gasteiger charge is 2.48. The molecule has 3 atom stereocenters. The van der Waals surface area contributed by atoms with Gasteiger partial charge in [0, 0.05) is 19.7 Å². The van der Waals surface area contributed by atoms with Gasteiger partial charge in [0.15, 0.2) is 0 Å². The lowest BCUT2D eigenvalue weighted by molar-refractivity contribution is -0.147. The first kappa shape index (κ1) is 17.4. The van der Waals surface area contributed by atoms with Gasteiger partial charge >= 0.3 is 0 Å². The van der Waals surface area contributed by atoms with E-state index in [9.17, 15) is 14.4 Å². The first-order chi connectivity index (χ1) is 11.6. The Bertz CT molecular complexity index is 483. The Morgan fingerprint density at radius 3 is 2.38 bits per heavy atom. The van der Waals surface area contributed by atoms with Gasteiger partial charge in [0.1, 0.15) is 6.54 Å². The van der Waals surface area contributed by atoms with Gasteiger partial charge in [-0.05, 0) is 38.5 Å². The molecule has 0 aromatic carbocycles. The third-order valence-corrected chi connectivity index (χ3v) is 5.66. The minimum absolute atomic E-state index is 0.0774. The number of carbonyl (C=O) groups excluding carboxylic acids is 3. The smallest absolute Gasteiger partial charge is 0.242 e. The van der Waals surface area contributed by atoms with E-state index >= 15 is 0 Å². The molecule has 24 heavy (non-hydrogen) atoms. The van der Waals surface area contributed by atoms with Crippen molar-refractivity contribution in [2.75, 3.05) is 32.8 Å². The van der Waals surface area contributed by atoms with E-state index in [0.29, 0.717) is 32.2 Å². The van der Waals surface area contributed by atoms with E-state index in [-0.39, 0.29) is 36.1 Å². The summed E-state index contributed by atoms with van der Waals surface area (Å²) >= 11 is 0. The molecule has 1 saturated carbocycles. The van der Waals surface area contributed by atoms with Crippen LogP contribution in [0.5, 0.6) is 0 Å². The van der Waals surface area contributed by atoms with Crippen LogP contribution >= 0.6 is 0 Å². The Labute approximate surface area is 143 Å².